The lowest BCUT2D eigenvalue weighted by atomic mass is 10.1. The predicted molar refractivity (Wildman–Crippen MR) is 119 cm³/mol. The number of benzene rings is 4. The molecule has 0 unspecified atom stereocenters. The second-order valence-electron chi connectivity index (χ2n) is 6.85. The predicted octanol–water partition coefficient (Wildman–Crippen LogP) is 5.23. The molecule has 0 atom stereocenters. The van der Waals surface area contributed by atoms with Crippen LogP contribution in [0.4, 0.5) is 0 Å². The first-order valence-corrected chi connectivity index (χ1v) is 9.96. The Balaban J connectivity index is 1.33. The summed E-state index contributed by atoms with van der Waals surface area (Å²) in [4.78, 5) is 12.7. The van der Waals surface area contributed by atoms with Crippen LogP contribution in [-0.4, -0.2) is 19.1 Å². The third-order valence-corrected chi connectivity index (χ3v) is 4.76. The van der Waals surface area contributed by atoms with Crippen LogP contribution in [0.3, 0.4) is 0 Å². The van der Waals surface area contributed by atoms with Crippen molar-refractivity contribution in [1.82, 2.24) is 5.32 Å². The molecule has 1 N–H and O–H groups in total. The van der Waals surface area contributed by atoms with E-state index in [-0.39, 0.29) is 5.91 Å². The van der Waals surface area contributed by atoms with E-state index < -0.39 is 0 Å². The molecule has 0 aromatic heterocycles. The maximum atomic E-state index is 12.7. The van der Waals surface area contributed by atoms with Gasteiger partial charge in [0.2, 0.25) is 0 Å². The van der Waals surface area contributed by atoms with Crippen LogP contribution < -0.4 is 14.8 Å². The number of carbonyl (C=O) groups is 1. The number of amides is 1. The lowest BCUT2D eigenvalue weighted by Gasteiger charge is -2.13. The second-order valence-corrected chi connectivity index (χ2v) is 6.85. The molecular formula is C26H23NO3. The van der Waals surface area contributed by atoms with Crippen LogP contribution in [0.5, 0.6) is 11.5 Å². The highest BCUT2D eigenvalue weighted by Crippen LogP contribution is 2.25. The molecule has 30 heavy (non-hydrogen) atoms. The fourth-order valence-electron chi connectivity index (χ4n) is 3.26. The maximum absolute atomic E-state index is 12.7. The van der Waals surface area contributed by atoms with Crippen molar-refractivity contribution < 1.29 is 14.3 Å². The Morgan fingerprint density at radius 3 is 2.30 bits per heavy atom. The van der Waals surface area contributed by atoms with Gasteiger partial charge in [-0.3, -0.25) is 4.79 Å². The summed E-state index contributed by atoms with van der Waals surface area (Å²) in [6, 6.07) is 31.2. The molecule has 1 amide bonds. The minimum absolute atomic E-state index is 0.180. The minimum Gasteiger partial charge on any atom is -0.491 e. The van der Waals surface area contributed by atoms with Gasteiger partial charge in [0.05, 0.1) is 12.1 Å². The van der Waals surface area contributed by atoms with Crippen LogP contribution in [-0.2, 0) is 6.61 Å². The molecule has 0 radical (unpaired) electrons. The van der Waals surface area contributed by atoms with E-state index in [2.05, 4.69) is 17.4 Å². The molecule has 150 valence electrons. The fourth-order valence-corrected chi connectivity index (χ4v) is 3.26. The molecule has 0 aliphatic carbocycles. The first kappa shape index (κ1) is 19.5. The summed E-state index contributed by atoms with van der Waals surface area (Å²) < 4.78 is 11.8. The summed E-state index contributed by atoms with van der Waals surface area (Å²) in [6.07, 6.45) is 0. The minimum atomic E-state index is -0.180. The van der Waals surface area contributed by atoms with Crippen LogP contribution in [0.1, 0.15) is 15.9 Å². The second kappa shape index (κ2) is 9.61. The summed E-state index contributed by atoms with van der Waals surface area (Å²) in [5, 5.41) is 5.10. The van der Waals surface area contributed by atoms with Gasteiger partial charge in [0.15, 0.2) is 0 Å². The first-order chi connectivity index (χ1) is 14.8. The average molecular weight is 397 g/mol. The van der Waals surface area contributed by atoms with Crippen molar-refractivity contribution in [2.24, 2.45) is 0 Å². The molecule has 0 heterocycles. The van der Waals surface area contributed by atoms with Gasteiger partial charge in [-0.15, -0.1) is 0 Å². The van der Waals surface area contributed by atoms with Crippen LogP contribution in [0.2, 0.25) is 0 Å². The van der Waals surface area contributed by atoms with E-state index in [1.807, 2.05) is 78.9 Å². The van der Waals surface area contributed by atoms with Gasteiger partial charge < -0.3 is 14.8 Å². The largest absolute Gasteiger partial charge is 0.491 e. The number of fused-ring (bicyclic) bond motifs is 1. The molecule has 0 spiro atoms. The van der Waals surface area contributed by atoms with E-state index >= 15 is 0 Å². The van der Waals surface area contributed by atoms with Gasteiger partial charge in [-0.25, -0.2) is 0 Å². The van der Waals surface area contributed by atoms with E-state index in [0.29, 0.717) is 31.1 Å². The summed E-state index contributed by atoms with van der Waals surface area (Å²) in [5.41, 5.74) is 1.56. The summed E-state index contributed by atoms with van der Waals surface area (Å²) >= 11 is 0. The van der Waals surface area contributed by atoms with Gasteiger partial charge >= 0.3 is 0 Å². The molecule has 4 heteroatoms. The van der Waals surface area contributed by atoms with Crippen molar-refractivity contribution in [3.8, 4) is 11.5 Å². The Hall–Kier alpha value is -3.79. The van der Waals surface area contributed by atoms with Crippen LogP contribution >= 0.6 is 0 Å². The molecule has 0 aliphatic heterocycles. The molecule has 4 aromatic carbocycles. The number of ether oxygens (including phenoxy) is 2. The van der Waals surface area contributed by atoms with Crippen LogP contribution in [0, 0.1) is 0 Å². The molecule has 4 rings (SSSR count). The van der Waals surface area contributed by atoms with Crippen molar-refractivity contribution in [3.63, 3.8) is 0 Å². The Kier molecular flexibility index (Phi) is 6.25. The molecule has 0 saturated carbocycles. The molecule has 0 bridgehead atoms. The lowest BCUT2D eigenvalue weighted by Crippen LogP contribution is -2.28. The van der Waals surface area contributed by atoms with Gasteiger partial charge in [0, 0.05) is 5.39 Å². The van der Waals surface area contributed by atoms with E-state index in [0.717, 1.165) is 22.1 Å². The topological polar surface area (TPSA) is 47.6 Å². The highest BCUT2D eigenvalue weighted by molar-refractivity contribution is 5.96. The first-order valence-electron chi connectivity index (χ1n) is 9.96. The number of hydrogen-bond donors (Lipinski definition) is 1. The monoisotopic (exact) mass is 397 g/mol. The van der Waals surface area contributed by atoms with Crippen molar-refractivity contribution in [2.75, 3.05) is 13.2 Å². The Labute approximate surface area is 176 Å². The SMILES string of the molecule is O=C(NCCOc1cccc2ccccc12)c1ccccc1OCc1ccccc1. The van der Waals surface area contributed by atoms with E-state index in [1.165, 1.54) is 0 Å². The van der Waals surface area contributed by atoms with Crippen LogP contribution in [0.15, 0.2) is 97.1 Å². The third kappa shape index (κ3) is 4.78. The Morgan fingerprint density at radius 2 is 1.40 bits per heavy atom. The molecule has 0 saturated heterocycles. The number of carbonyl (C=O) groups excluding carboxylic acids is 1. The Morgan fingerprint density at radius 1 is 0.700 bits per heavy atom. The quantitative estimate of drug-likeness (QED) is 0.414. The Bertz CT molecular complexity index is 1120. The van der Waals surface area contributed by atoms with E-state index in [1.54, 1.807) is 6.07 Å². The third-order valence-electron chi connectivity index (χ3n) is 4.76. The molecule has 4 nitrogen and oxygen atoms in total. The van der Waals surface area contributed by atoms with Crippen LogP contribution in [0.25, 0.3) is 10.8 Å². The smallest absolute Gasteiger partial charge is 0.255 e. The molecule has 0 fully saturated rings. The molecular weight excluding hydrogens is 374 g/mol. The van der Waals surface area contributed by atoms with Gasteiger partial charge in [0.1, 0.15) is 24.7 Å². The van der Waals surface area contributed by atoms with Crippen molar-refractivity contribution >= 4 is 16.7 Å². The summed E-state index contributed by atoms with van der Waals surface area (Å²) in [5.74, 6) is 1.20. The number of nitrogens with one attached hydrogen (secondary N) is 1. The number of rotatable bonds is 8. The highest BCUT2D eigenvalue weighted by Gasteiger charge is 2.12. The van der Waals surface area contributed by atoms with E-state index in [9.17, 15) is 4.79 Å². The summed E-state index contributed by atoms with van der Waals surface area (Å²) in [6.45, 7) is 1.19. The van der Waals surface area contributed by atoms with E-state index in [4.69, 9.17) is 9.47 Å². The molecule has 0 aliphatic rings. The fraction of sp³-hybridized carbons (Fsp3) is 0.115. The van der Waals surface area contributed by atoms with Gasteiger partial charge in [-0.1, -0.05) is 78.9 Å². The molecule has 4 aromatic rings. The van der Waals surface area contributed by atoms with Gasteiger partial charge in [0.25, 0.3) is 5.91 Å². The number of hydrogen-bond acceptors (Lipinski definition) is 3. The van der Waals surface area contributed by atoms with Gasteiger partial charge in [-0.2, -0.15) is 0 Å². The van der Waals surface area contributed by atoms with Gasteiger partial charge in [-0.05, 0) is 29.1 Å². The number of para-hydroxylation sites is 1. The zero-order chi connectivity index (χ0) is 20.6. The normalized spacial score (nSPS) is 10.5. The lowest BCUT2D eigenvalue weighted by molar-refractivity contribution is 0.0942. The zero-order valence-corrected chi connectivity index (χ0v) is 16.6. The zero-order valence-electron chi connectivity index (χ0n) is 16.6. The van der Waals surface area contributed by atoms with Crippen molar-refractivity contribution in [1.29, 1.82) is 0 Å². The highest BCUT2D eigenvalue weighted by atomic mass is 16.5. The average Bonchev–Trinajstić information content (AvgIpc) is 2.81. The standard InChI is InChI=1S/C26H23NO3/c28-26(23-14-6-7-15-25(23)30-19-20-9-2-1-3-10-20)27-17-18-29-24-16-8-12-21-11-4-5-13-22(21)24/h1-16H,17-19H2,(H,27,28). The summed E-state index contributed by atoms with van der Waals surface area (Å²) in [7, 11) is 0. The maximum Gasteiger partial charge on any atom is 0.255 e. The van der Waals surface area contributed by atoms with Crippen molar-refractivity contribution in [3.05, 3.63) is 108 Å². The van der Waals surface area contributed by atoms with Crippen molar-refractivity contribution in [2.45, 2.75) is 6.61 Å².